The Labute approximate surface area is 89.0 Å². The smallest absolute Gasteiger partial charge is 0.337 e. The number of aliphatic hydroxyl groups excluding tert-OH is 1. The van der Waals surface area contributed by atoms with E-state index in [2.05, 4.69) is 11.3 Å². The van der Waals surface area contributed by atoms with Crippen LogP contribution >= 0.6 is 0 Å². The molecule has 0 radical (unpaired) electrons. The van der Waals surface area contributed by atoms with Gasteiger partial charge < -0.3 is 9.84 Å². The Balaban J connectivity index is 2.80. The van der Waals surface area contributed by atoms with Crippen LogP contribution in [-0.2, 0) is 4.74 Å². The van der Waals surface area contributed by atoms with Gasteiger partial charge in [-0.1, -0.05) is 18.2 Å². The second-order valence-corrected chi connectivity index (χ2v) is 3.15. The Hall–Kier alpha value is -1.61. The number of aliphatic hydroxyl groups is 1. The zero-order valence-electron chi connectivity index (χ0n) is 8.64. The summed E-state index contributed by atoms with van der Waals surface area (Å²) in [5, 5.41) is 9.62. The minimum atomic E-state index is -0.561. The van der Waals surface area contributed by atoms with E-state index in [-0.39, 0.29) is 5.97 Å². The number of methoxy groups -OCH3 is 1. The third kappa shape index (κ3) is 2.92. The van der Waals surface area contributed by atoms with Crippen molar-refractivity contribution in [3.8, 4) is 0 Å². The van der Waals surface area contributed by atoms with Crippen molar-refractivity contribution in [1.29, 1.82) is 0 Å². The molecule has 0 spiro atoms. The molecule has 15 heavy (non-hydrogen) atoms. The predicted molar refractivity (Wildman–Crippen MR) is 57.6 cm³/mol. The highest BCUT2D eigenvalue weighted by molar-refractivity contribution is 5.89. The number of hydrogen-bond acceptors (Lipinski definition) is 3. The number of benzene rings is 1. The third-order valence-corrected chi connectivity index (χ3v) is 2.11. The van der Waals surface area contributed by atoms with E-state index in [9.17, 15) is 9.90 Å². The van der Waals surface area contributed by atoms with Gasteiger partial charge in [-0.05, 0) is 24.1 Å². The Kier molecular flexibility index (Phi) is 4.06. The fourth-order valence-electron chi connectivity index (χ4n) is 1.25. The van der Waals surface area contributed by atoms with Crippen LogP contribution in [0.2, 0.25) is 0 Å². The molecule has 0 aliphatic rings. The highest BCUT2D eigenvalue weighted by Crippen LogP contribution is 2.17. The van der Waals surface area contributed by atoms with Crippen molar-refractivity contribution in [3.63, 3.8) is 0 Å². The third-order valence-electron chi connectivity index (χ3n) is 2.11. The van der Waals surface area contributed by atoms with Crippen LogP contribution < -0.4 is 0 Å². The van der Waals surface area contributed by atoms with E-state index in [1.54, 1.807) is 30.3 Å². The van der Waals surface area contributed by atoms with Crippen LogP contribution in [0.15, 0.2) is 36.9 Å². The maximum absolute atomic E-state index is 11.1. The minimum absolute atomic E-state index is 0.375. The fourth-order valence-corrected chi connectivity index (χ4v) is 1.25. The van der Waals surface area contributed by atoms with Gasteiger partial charge in [-0.25, -0.2) is 4.79 Å². The molecule has 3 heteroatoms. The molecule has 0 aliphatic carbocycles. The first kappa shape index (κ1) is 11.5. The molecule has 1 aromatic carbocycles. The quantitative estimate of drug-likeness (QED) is 0.606. The van der Waals surface area contributed by atoms with Crippen LogP contribution in [0.3, 0.4) is 0 Å². The van der Waals surface area contributed by atoms with E-state index < -0.39 is 6.10 Å². The number of rotatable bonds is 4. The molecule has 1 atom stereocenters. The lowest BCUT2D eigenvalue weighted by Crippen LogP contribution is -2.02. The van der Waals surface area contributed by atoms with Gasteiger partial charge in [0.1, 0.15) is 0 Å². The van der Waals surface area contributed by atoms with E-state index in [0.717, 1.165) is 5.56 Å². The molecule has 1 aromatic rings. The van der Waals surface area contributed by atoms with E-state index in [1.165, 1.54) is 7.11 Å². The van der Waals surface area contributed by atoms with Gasteiger partial charge in [0.2, 0.25) is 0 Å². The molecular weight excluding hydrogens is 192 g/mol. The molecule has 0 amide bonds. The van der Waals surface area contributed by atoms with E-state index in [0.29, 0.717) is 12.0 Å². The van der Waals surface area contributed by atoms with Gasteiger partial charge in [-0.2, -0.15) is 0 Å². The molecule has 0 fully saturated rings. The first-order chi connectivity index (χ1) is 7.19. The molecule has 0 saturated carbocycles. The first-order valence-electron chi connectivity index (χ1n) is 4.66. The molecule has 0 bridgehead atoms. The lowest BCUT2D eigenvalue weighted by molar-refractivity contribution is 0.0600. The number of carbonyl (C=O) groups is 1. The van der Waals surface area contributed by atoms with Crippen LogP contribution in [0.1, 0.15) is 28.4 Å². The summed E-state index contributed by atoms with van der Waals surface area (Å²) in [6, 6.07) is 6.68. The van der Waals surface area contributed by atoms with Gasteiger partial charge in [0.25, 0.3) is 0 Å². The average molecular weight is 206 g/mol. The van der Waals surface area contributed by atoms with Gasteiger partial charge in [-0.3, -0.25) is 0 Å². The largest absolute Gasteiger partial charge is 0.465 e. The highest BCUT2D eigenvalue weighted by atomic mass is 16.5. The maximum atomic E-state index is 11.1. The average Bonchev–Trinajstić information content (AvgIpc) is 2.28. The first-order valence-corrected chi connectivity index (χ1v) is 4.66. The molecule has 1 rings (SSSR count). The predicted octanol–water partition coefficient (Wildman–Crippen LogP) is 2.08. The summed E-state index contributed by atoms with van der Waals surface area (Å²) in [5.41, 5.74) is 1.25. The SMILES string of the molecule is C=CC[C@@H](O)c1ccc(C(=O)OC)cc1. The highest BCUT2D eigenvalue weighted by Gasteiger charge is 2.08. The summed E-state index contributed by atoms with van der Waals surface area (Å²) < 4.78 is 4.57. The van der Waals surface area contributed by atoms with Crippen molar-refractivity contribution in [2.75, 3.05) is 7.11 Å². The summed E-state index contributed by atoms with van der Waals surface area (Å²) in [4.78, 5) is 11.1. The Morgan fingerprint density at radius 1 is 1.53 bits per heavy atom. The molecular formula is C12H14O3. The zero-order valence-corrected chi connectivity index (χ0v) is 8.64. The van der Waals surface area contributed by atoms with Gasteiger partial charge in [0, 0.05) is 0 Å². The van der Waals surface area contributed by atoms with E-state index in [1.807, 2.05) is 0 Å². The van der Waals surface area contributed by atoms with Crippen molar-refractivity contribution in [2.45, 2.75) is 12.5 Å². The summed E-state index contributed by atoms with van der Waals surface area (Å²) in [6.45, 7) is 3.55. The number of hydrogen-bond donors (Lipinski definition) is 1. The molecule has 0 unspecified atom stereocenters. The van der Waals surface area contributed by atoms with Crippen molar-refractivity contribution in [3.05, 3.63) is 48.0 Å². The molecule has 0 aromatic heterocycles. The van der Waals surface area contributed by atoms with Crippen molar-refractivity contribution in [1.82, 2.24) is 0 Å². The molecule has 0 heterocycles. The van der Waals surface area contributed by atoms with E-state index >= 15 is 0 Å². The maximum Gasteiger partial charge on any atom is 0.337 e. The molecule has 0 aliphatic heterocycles. The number of carbonyl (C=O) groups excluding carboxylic acids is 1. The Morgan fingerprint density at radius 2 is 2.13 bits per heavy atom. The molecule has 1 N–H and O–H groups in total. The normalized spacial score (nSPS) is 11.9. The molecule has 3 nitrogen and oxygen atoms in total. The second kappa shape index (κ2) is 5.32. The van der Waals surface area contributed by atoms with Crippen LogP contribution in [0, 0.1) is 0 Å². The number of ether oxygens (including phenoxy) is 1. The second-order valence-electron chi connectivity index (χ2n) is 3.15. The topological polar surface area (TPSA) is 46.5 Å². The molecule has 80 valence electrons. The van der Waals surface area contributed by atoms with Crippen LogP contribution in [0.25, 0.3) is 0 Å². The van der Waals surface area contributed by atoms with Gasteiger partial charge in [0.15, 0.2) is 0 Å². The minimum Gasteiger partial charge on any atom is -0.465 e. The Morgan fingerprint density at radius 3 is 2.60 bits per heavy atom. The van der Waals surface area contributed by atoms with Crippen LogP contribution in [0.4, 0.5) is 0 Å². The number of esters is 1. The lowest BCUT2D eigenvalue weighted by Gasteiger charge is -2.08. The van der Waals surface area contributed by atoms with Gasteiger partial charge >= 0.3 is 5.97 Å². The summed E-state index contributed by atoms with van der Waals surface area (Å²) in [7, 11) is 1.34. The summed E-state index contributed by atoms with van der Waals surface area (Å²) in [6.07, 6.45) is 1.59. The van der Waals surface area contributed by atoms with Crippen molar-refractivity contribution in [2.24, 2.45) is 0 Å². The molecule has 0 saturated heterocycles. The van der Waals surface area contributed by atoms with Crippen molar-refractivity contribution >= 4 is 5.97 Å². The fraction of sp³-hybridized carbons (Fsp3) is 0.250. The van der Waals surface area contributed by atoms with Gasteiger partial charge in [-0.15, -0.1) is 6.58 Å². The van der Waals surface area contributed by atoms with Gasteiger partial charge in [0.05, 0.1) is 18.8 Å². The zero-order chi connectivity index (χ0) is 11.3. The summed E-state index contributed by atoms with van der Waals surface area (Å²) >= 11 is 0. The lowest BCUT2D eigenvalue weighted by atomic mass is 10.0. The van der Waals surface area contributed by atoms with Crippen LogP contribution in [-0.4, -0.2) is 18.2 Å². The van der Waals surface area contributed by atoms with E-state index in [4.69, 9.17) is 0 Å². The Bertz CT molecular complexity index is 340. The van der Waals surface area contributed by atoms with Crippen LogP contribution in [0.5, 0.6) is 0 Å². The van der Waals surface area contributed by atoms with Crippen molar-refractivity contribution < 1.29 is 14.6 Å². The standard InChI is InChI=1S/C12H14O3/c1-3-4-11(13)9-5-7-10(8-6-9)12(14)15-2/h3,5-8,11,13H,1,4H2,2H3/t11-/m1/s1. The monoisotopic (exact) mass is 206 g/mol. The summed E-state index contributed by atoms with van der Waals surface area (Å²) in [5.74, 6) is -0.375.